The van der Waals surface area contributed by atoms with Crippen molar-refractivity contribution in [3.63, 3.8) is 0 Å². The van der Waals surface area contributed by atoms with Crippen molar-refractivity contribution in [2.75, 3.05) is 14.1 Å². The second-order valence-electron chi connectivity index (χ2n) is 10.1. The van der Waals surface area contributed by atoms with Crippen molar-refractivity contribution in [1.82, 2.24) is 25.1 Å². The zero-order valence-electron chi connectivity index (χ0n) is 19.8. The number of rotatable bonds is 4. The summed E-state index contributed by atoms with van der Waals surface area (Å²) in [5.41, 5.74) is -1.01. The molecule has 1 unspecified atom stereocenters. The van der Waals surface area contributed by atoms with Gasteiger partial charge in [0.15, 0.2) is 5.69 Å². The van der Waals surface area contributed by atoms with Crippen molar-refractivity contribution < 1.29 is 19.5 Å². The molecular formula is C25H29N5O5. The van der Waals surface area contributed by atoms with Gasteiger partial charge < -0.3 is 20.6 Å². The average Bonchev–Trinajstić information content (AvgIpc) is 3.65. The van der Waals surface area contributed by atoms with Gasteiger partial charge >= 0.3 is 11.8 Å². The van der Waals surface area contributed by atoms with Crippen LogP contribution in [0.15, 0.2) is 35.1 Å². The number of aromatic hydroxyl groups is 1. The third-order valence-corrected chi connectivity index (χ3v) is 7.48. The number of benzene rings is 1. The molecule has 0 radical (unpaired) electrons. The smallest absolute Gasteiger partial charge is 0.311 e. The Labute approximate surface area is 202 Å². The van der Waals surface area contributed by atoms with Gasteiger partial charge in [0, 0.05) is 32.6 Å². The number of carbonyl (C=O) groups excluding carboxylic acids is 3. The van der Waals surface area contributed by atoms with Crippen LogP contribution in [0.1, 0.15) is 59.9 Å². The Bertz CT molecular complexity index is 1250. The second-order valence-corrected chi connectivity index (χ2v) is 10.1. The molecule has 2 aromatic rings. The summed E-state index contributed by atoms with van der Waals surface area (Å²) in [5.74, 6) is -2.26. The van der Waals surface area contributed by atoms with Gasteiger partial charge in [-0.1, -0.05) is 30.3 Å². The molecule has 0 saturated heterocycles. The number of likely N-dealkylation sites (N-methyl/N-ethyl adjacent to an activating group) is 1. The van der Waals surface area contributed by atoms with E-state index in [1.165, 1.54) is 23.6 Å². The number of hydrogen-bond acceptors (Lipinski definition) is 6. The SMILES string of the molecule is CN(C)C(=O)C(=O)NC12CCC(CC1)Cn1c2nc(C(=O)NC2C[C@@H]2c2ccccc2)c(O)c1=O. The first-order valence-corrected chi connectivity index (χ1v) is 11.9. The van der Waals surface area contributed by atoms with Gasteiger partial charge in [-0.25, -0.2) is 4.98 Å². The Hall–Kier alpha value is -3.69. The lowest BCUT2D eigenvalue weighted by atomic mass is 9.77. The summed E-state index contributed by atoms with van der Waals surface area (Å²) in [4.78, 5) is 56.9. The molecule has 2 fully saturated rings. The topological polar surface area (TPSA) is 134 Å². The number of nitrogens with one attached hydrogen (secondary N) is 2. The highest BCUT2D eigenvalue weighted by molar-refractivity contribution is 6.35. The highest BCUT2D eigenvalue weighted by Crippen LogP contribution is 2.43. The molecule has 2 saturated carbocycles. The maximum atomic E-state index is 13.2. The van der Waals surface area contributed by atoms with Crippen LogP contribution in [0.5, 0.6) is 5.75 Å². The average molecular weight is 480 g/mol. The Morgan fingerprint density at radius 3 is 2.49 bits per heavy atom. The van der Waals surface area contributed by atoms with E-state index in [2.05, 4.69) is 15.6 Å². The third-order valence-electron chi connectivity index (χ3n) is 7.48. The first kappa shape index (κ1) is 23.1. The summed E-state index contributed by atoms with van der Waals surface area (Å²) >= 11 is 0. The number of carbonyl (C=O) groups is 3. The Morgan fingerprint density at radius 1 is 1.14 bits per heavy atom. The highest BCUT2D eigenvalue weighted by Gasteiger charge is 2.47. The summed E-state index contributed by atoms with van der Waals surface area (Å²) < 4.78 is 1.36. The van der Waals surface area contributed by atoms with Crippen LogP contribution in [-0.4, -0.2) is 57.4 Å². The minimum atomic E-state index is -1.07. The molecule has 0 spiro atoms. The quantitative estimate of drug-likeness (QED) is 0.557. The third kappa shape index (κ3) is 4.06. The summed E-state index contributed by atoms with van der Waals surface area (Å²) in [7, 11) is 2.97. The van der Waals surface area contributed by atoms with Crippen LogP contribution in [0.3, 0.4) is 0 Å². The fraction of sp³-hybridized carbons (Fsp3) is 0.480. The van der Waals surface area contributed by atoms with Crippen molar-refractivity contribution in [3.8, 4) is 5.75 Å². The summed E-state index contributed by atoms with van der Waals surface area (Å²) in [6, 6.07) is 9.70. The number of nitrogens with zero attached hydrogens (tertiary/aromatic N) is 3. The van der Waals surface area contributed by atoms with Crippen molar-refractivity contribution in [2.45, 2.75) is 56.1 Å². The Balaban J connectivity index is 1.47. The van der Waals surface area contributed by atoms with Crippen molar-refractivity contribution in [3.05, 3.63) is 57.8 Å². The van der Waals surface area contributed by atoms with Gasteiger partial charge in [0.05, 0.1) is 5.54 Å². The minimum Gasteiger partial charge on any atom is -0.501 e. The number of fused-ring (bicyclic) bond motifs is 2. The lowest BCUT2D eigenvalue weighted by molar-refractivity contribution is -0.145. The van der Waals surface area contributed by atoms with Crippen LogP contribution in [0, 0.1) is 5.92 Å². The molecule has 2 aliphatic heterocycles. The molecule has 184 valence electrons. The number of amides is 3. The summed E-state index contributed by atoms with van der Waals surface area (Å²) in [5, 5.41) is 16.4. The molecule has 3 N–H and O–H groups in total. The predicted molar refractivity (Wildman–Crippen MR) is 126 cm³/mol. The molecule has 2 bridgehead atoms. The van der Waals surface area contributed by atoms with Gasteiger partial charge in [0.25, 0.3) is 11.5 Å². The molecule has 10 nitrogen and oxygen atoms in total. The van der Waals surface area contributed by atoms with Crippen LogP contribution in [-0.2, 0) is 21.7 Å². The standard InChI is InChI=1S/C25H29N5O5/c1-29(2)23(35)21(33)28-25-10-8-14(9-11-25)13-30-22(34)19(31)18(27-24(25)30)20(32)26-17-12-16(17)15-6-4-3-5-7-15/h3-7,14,16-17,31H,8-13H2,1-2H3,(H,26,32)(H,28,33)/t14?,16-,17?,25?/m1/s1. The molecule has 6 rings (SSSR count). The first-order chi connectivity index (χ1) is 16.7. The zero-order valence-corrected chi connectivity index (χ0v) is 19.8. The Kier molecular flexibility index (Phi) is 5.61. The van der Waals surface area contributed by atoms with E-state index in [-0.39, 0.29) is 29.4 Å². The lowest BCUT2D eigenvalue weighted by Crippen LogP contribution is -2.53. The van der Waals surface area contributed by atoms with Crippen LogP contribution in [0.4, 0.5) is 0 Å². The van der Waals surface area contributed by atoms with E-state index in [1.807, 2.05) is 30.3 Å². The maximum Gasteiger partial charge on any atom is 0.311 e. The first-order valence-electron chi connectivity index (χ1n) is 11.9. The van der Waals surface area contributed by atoms with Crippen molar-refractivity contribution in [2.24, 2.45) is 5.92 Å². The zero-order chi connectivity index (χ0) is 24.9. The van der Waals surface area contributed by atoms with E-state index >= 15 is 0 Å². The molecule has 2 atom stereocenters. The molecule has 35 heavy (non-hydrogen) atoms. The molecular weight excluding hydrogens is 450 g/mol. The van der Waals surface area contributed by atoms with Crippen molar-refractivity contribution >= 4 is 17.7 Å². The largest absolute Gasteiger partial charge is 0.501 e. The summed E-state index contributed by atoms with van der Waals surface area (Å²) in [6.45, 7) is 0.342. The molecule has 1 aromatic heterocycles. The van der Waals surface area contributed by atoms with Crippen LogP contribution in [0.2, 0.25) is 0 Å². The van der Waals surface area contributed by atoms with Crippen LogP contribution in [0.25, 0.3) is 0 Å². The van der Waals surface area contributed by atoms with E-state index in [4.69, 9.17) is 0 Å². The van der Waals surface area contributed by atoms with Gasteiger partial charge in [-0.15, -0.1) is 0 Å². The van der Waals surface area contributed by atoms with E-state index in [0.717, 1.165) is 24.8 Å². The fourth-order valence-corrected chi connectivity index (χ4v) is 5.39. The summed E-state index contributed by atoms with van der Waals surface area (Å²) in [6.07, 6.45) is 3.18. The van der Waals surface area contributed by atoms with E-state index in [0.29, 0.717) is 19.4 Å². The molecule has 10 heteroatoms. The number of aromatic nitrogens is 2. The normalized spacial score (nSPS) is 26.3. The van der Waals surface area contributed by atoms with E-state index in [1.54, 1.807) is 0 Å². The molecule has 3 amide bonds. The fourth-order valence-electron chi connectivity index (χ4n) is 5.39. The van der Waals surface area contributed by atoms with E-state index < -0.39 is 34.6 Å². The monoisotopic (exact) mass is 479 g/mol. The molecule has 1 aromatic carbocycles. The maximum absolute atomic E-state index is 13.2. The highest BCUT2D eigenvalue weighted by atomic mass is 16.3. The minimum absolute atomic E-state index is 0.116. The van der Waals surface area contributed by atoms with Crippen molar-refractivity contribution in [1.29, 1.82) is 0 Å². The van der Waals surface area contributed by atoms with E-state index in [9.17, 15) is 24.3 Å². The second kappa shape index (κ2) is 8.51. The van der Waals surface area contributed by atoms with Gasteiger partial charge in [0.1, 0.15) is 5.82 Å². The molecule has 2 aliphatic carbocycles. The van der Waals surface area contributed by atoms with Crippen LogP contribution < -0.4 is 16.2 Å². The van der Waals surface area contributed by atoms with Gasteiger partial charge in [0.2, 0.25) is 5.75 Å². The van der Waals surface area contributed by atoms with Gasteiger partial charge in [-0.05, 0) is 43.6 Å². The lowest BCUT2D eigenvalue weighted by Gasteiger charge is -2.37. The number of hydrogen-bond donors (Lipinski definition) is 3. The predicted octanol–water partition coefficient (Wildman–Crippen LogP) is 0.838. The molecule has 3 heterocycles. The molecule has 4 aliphatic rings. The van der Waals surface area contributed by atoms with Crippen LogP contribution >= 0.6 is 0 Å². The van der Waals surface area contributed by atoms with Gasteiger partial charge in [-0.2, -0.15) is 0 Å². The van der Waals surface area contributed by atoms with Gasteiger partial charge in [-0.3, -0.25) is 23.7 Å². The Morgan fingerprint density at radius 2 is 1.83 bits per heavy atom.